The van der Waals surface area contributed by atoms with Crippen molar-refractivity contribution in [2.45, 2.75) is 19.6 Å². The minimum Gasteiger partial charge on any atom is -0.487 e. The summed E-state index contributed by atoms with van der Waals surface area (Å²) in [6.07, 6.45) is 0.0472. The highest BCUT2D eigenvalue weighted by molar-refractivity contribution is 5.21. The summed E-state index contributed by atoms with van der Waals surface area (Å²) < 4.78 is 17.3. The number of benzene rings is 1. The molecule has 1 aliphatic heterocycles. The fraction of sp³-hybridized carbons (Fsp3) is 0.412. The molecular formula is C17H21NO3. The Hall–Kier alpha value is -1.78. The van der Waals surface area contributed by atoms with Gasteiger partial charge in [-0.15, -0.1) is 0 Å². The van der Waals surface area contributed by atoms with Crippen LogP contribution in [-0.2, 0) is 11.3 Å². The van der Waals surface area contributed by atoms with Gasteiger partial charge in [0, 0.05) is 13.1 Å². The number of nitrogens with zero attached hydrogens (tertiary/aromatic N) is 1. The zero-order chi connectivity index (χ0) is 14.5. The summed E-state index contributed by atoms with van der Waals surface area (Å²) in [7, 11) is 0. The molecule has 3 rings (SSSR count). The van der Waals surface area contributed by atoms with Crippen LogP contribution in [0.2, 0.25) is 0 Å². The molecule has 4 nitrogen and oxygen atoms in total. The summed E-state index contributed by atoms with van der Waals surface area (Å²) in [5, 5.41) is 0. The molecule has 1 fully saturated rings. The first-order valence-corrected chi connectivity index (χ1v) is 7.37. The monoisotopic (exact) mass is 287 g/mol. The van der Waals surface area contributed by atoms with Crippen LogP contribution >= 0.6 is 0 Å². The minimum atomic E-state index is 0.0472. The molecule has 1 unspecified atom stereocenters. The summed E-state index contributed by atoms with van der Waals surface area (Å²) in [4.78, 5) is 2.32. The maximum atomic E-state index is 6.01. The Balaban J connectivity index is 1.60. The van der Waals surface area contributed by atoms with Gasteiger partial charge in [0.05, 0.1) is 19.8 Å². The number of rotatable bonds is 4. The van der Waals surface area contributed by atoms with Gasteiger partial charge < -0.3 is 13.9 Å². The number of ether oxygens (including phenoxy) is 2. The molecule has 112 valence electrons. The second-order valence-electron chi connectivity index (χ2n) is 5.38. The van der Waals surface area contributed by atoms with Gasteiger partial charge in [-0.25, -0.2) is 0 Å². The Morgan fingerprint density at radius 2 is 2.05 bits per heavy atom. The molecule has 0 aliphatic carbocycles. The third kappa shape index (κ3) is 4.09. The van der Waals surface area contributed by atoms with E-state index in [2.05, 4.69) is 4.90 Å². The van der Waals surface area contributed by atoms with E-state index in [0.717, 1.165) is 43.5 Å². The van der Waals surface area contributed by atoms with Gasteiger partial charge in [-0.2, -0.15) is 0 Å². The van der Waals surface area contributed by atoms with Gasteiger partial charge in [0.1, 0.15) is 23.4 Å². The fourth-order valence-corrected chi connectivity index (χ4v) is 2.54. The van der Waals surface area contributed by atoms with E-state index in [9.17, 15) is 0 Å². The second-order valence-corrected chi connectivity index (χ2v) is 5.38. The Morgan fingerprint density at radius 3 is 2.81 bits per heavy atom. The highest BCUT2D eigenvalue weighted by Gasteiger charge is 2.21. The highest BCUT2D eigenvalue weighted by Crippen LogP contribution is 2.15. The maximum absolute atomic E-state index is 6.01. The number of aryl methyl sites for hydroxylation is 1. The summed E-state index contributed by atoms with van der Waals surface area (Å²) >= 11 is 0. The third-order valence-electron chi connectivity index (χ3n) is 3.54. The highest BCUT2D eigenvalue weighted by atomic mass is 16.5. The first-order chi connectivity index (χ1) is 10.3. The summed E-state index contributed by atoms with van der Waals surface area (Å²) in [6, 6.07) is 13.9. The van der Waals surface area contributed by atoms with Gasteiger partial charge in [0.25, 0.3) is 0 Å². The van der Waals surface area contributed by atoms with E-state index in [0.29, 0.717) is 6.61 Å². The van der Waals surface area contributed by atoms with Gasteiger partial charge >= 0.3 is 0 Å². The van der Waals surface area contributed by atoms with Crippen LogP contribution in [0.25, 0.3) is 0 Å². The van der Waals surface area contributed by atoms with Crippen molar-refractivity contribution < 1.29 is 13.9 Å². The van der Waals surface area contributed by atoms with Crippen molar-refractivity contribution in [1.29, 1.82) is 0 Å². The Labute approximate surface area is 125 Å². The number of hydrogen-bond donors (Lipinski definition) is 0. The molecule has 2 heterocycles. The molecule has 1 saturated heterocycles. The van der Waals surface area contributed by atoms with Gasteiger partial charge in [-0.1, -0.05) is 18.2 Å². The van der Waals surface area contributed by atoms with Crippen LogP contribution in [0.4, 0.5) is 0 Å². The van der Waals surface area contributed by atoms with E-state index in [4.69, 9.17) is 13.9 Å². The molecule has 4 heteroatoms. The van der Waals surface area contributed by atoms with Crippen LogP contribution in [0.3, 0.4) is 0 Å². The third-order valence-corrected chi connectivity index (χ3v) is 3.54. The van der Waals surface area contributed by atoms with Gasteiger partial charge in [0.15, 0.2) is 0 Å². The molecule has 0 amide bonds. The average Bonchev–Trinajstić information content (AvgIpc) is 2.76. The predicted molar refractivity (Wildman–Crippen MR) is 80.4 cm³/mol. The largest absolute Gasteiger partial charge is 0.487 e. The topological polar surface area (TPSA) is 34.8 Å². The zero-order valence-corrected chi connectivity index (χ0v) is 12.3. The van der Waals surface area contributed by atoms with Crippen LogP contribution in [0.5, 0.6) is 5.75 Å². The lowest BCUT2D eigenvalue weighted by molar-refractivity contribution is 0.0709. The Bertz CT molecular complexity index is 552. The first-order valence-electron chi connectivity index (χ1n) is 7.37. The number of hydrogen-bond acceptors (Lipinski definition) is 4. The van der Waals surface area contributed by atoms with E-state index >= 15 is 0 Å². The molecule has 0 N–H and O–H groups in total. The van der Waals surface area contributed by atoms with Crippen LogP contribution in [0.15, 0.2) is 46.9 Å². The molecule has 1 atom stereocenters. The molecule has 0 bridgehead atoms. The van der Waals surface area contributed by atoms with Crippen molar-refractivity contribution >= 4 is 0 Å². The maximum Gasteiger partial charge on any atom is 0.135 e. The lowest BCUT2D eigenvalue weighted by Gasteiger charge is -2.23. The molecule has 1 aliphatic rings. The van der Waals surface area contributed by atoms with E-state index in [1.54, 1.807) is 0 Å². The molecule has 0 saturated carbocycles. The average molecular weight is 287 g/mol. The van der Waals surface area contributed by atoms with Crippen LogP contribution < -0.4 is 4.74 Å². The summed E-state index contributed by atoms with van der Waals surface area (Å²) in [5.41, 5.74) is 0. The second kappa shape index (κ2) is 6.78. The van der Waals surface area contributed by atoms with E-state index in [1.807, 2.05) is 49.4 Å². The molecule has 2 aromatic rings. The Kier molecular flexibility index (Phi) is 4.58. The standard InChI is InChI=1S/C17H21NO3/c1-14-7-8-16(20-14)11-18-9-10-19-13-17(12-18)21-15-5-3-2-4-6-15/h2-8,17H,9-13H2,1H3. The lowest BCUT2D eigenvalue weighted by atomic mass is 10.3. The molecule has 1 aromatic heterocycles. The molecule has 0 spiro atoms. The van der Waals surface area contributed by atoms with Gasteiger partial charge in [-0.05, 0) is 31.2 Å². The minimum absolute atomic E-state index is 0.0472. The Morgan fingerprint density at radius 1 is 1.19 bits per heavy atom. The van der Waals surface area contributed by atoms with E-state index in [-0.39, 0.29) is 6.10 Å². The predicted octanol–water partition coefficient (Wildman–Crippen LogP) is 2.87. The smallest absolute Gasteiger partial charge is 0.135 e. The molecule has 21 heavy (non-hydrogen) atoms. The van der Waals surface area contributed by atoms with Crippen molar-refractivity contribution in [3.63, 3.8) is 0 Å². The summed E-state index contributed by atoms with van der Waals surface area (Å²) in [6.45, 7) is 5.86. The van der Waals surface area contributed by atoms with Gasteiger partial charge in [-0.3, -0.25) is 4.90 Å². The van der Waals surface area contributed by atoms with Crippen molar-refractivity contribution in [3.8, 4) is 5.75 Å². The summed E-state index contributed by atoms with van der Waals surface area (Å²) in [5.74, 6) is 2.84. The molecular weight excluding hydrogens is 266 g/mol. The SMILES string of the molecule is Cc1ccc(CN2CCOCC(Oc3ccccc3)C2)o1. The van der Waals surface area contributed by atoms with E-state index < -0.39 is 0 Å². The zero-order valence-electron chi connectivity index (χ0n) is 12.3. The van der Waals surface area contributed by atoms with Crippen LogP contribution in [-0.4, -0.2) is 37.3 Å². The van der Waals surface area contributed by atoms with Crippen molar-refractivity contribution in [3.05, 3.63) is 54.0 Å². The van der Waals surface area contributed by atoms with Crippen molar-refractivity contribution in [1.82, 2.24) is 4.90 Å². The quantitative estimate of drug-likeness (QED) is 0.866. The van der Waals surface area contributed by atoms with Crippen LogP contribution in [0, 0.1) is 6.92 Å². The number of para-hydroxylation sites is 1. The van der Waals surface area contributed by atoms with Crippen molar-refractivity contribution in [2.24, 2.45) is 0 Å². The molecule has 0 radical (unpaired) electrons. The fourth-order valence-electron chi connectivity index (χ4n) is 2.54. The van der Waals surface area contributed by atoms with Crippen LogP contribution in [0.1, 0.15) is 11.5 Å². The normalized spacial score (nSPS) is 20.1. The van der Waals surface area contributed by atoms with Crippen molar-refractivity contribution in [2.75, 3.05) is 26.3 Å². The lowest BCUT2D eigenvalue weighted by Crippen LogP contribution is -2.35. The number of furan rings is 1. The molecule has 1 aromatic carbocycles. The van der Waals surface area contributed by atoms with Gasteiger partial charge in [0.2, 0.25) is 0 Å². The van der Waals surface area contributed by atoms with E-state index in [1.165, 1.54) is 0 Å². The first kappa shape index (κ1) is 14.2.